The van der Waals surface area contributed by atoms with Gasteiger partial charge in [0.05, 0.1) is 12.1 Å². The minimum Gasteiger partial charge on any atom is -0.330 e. The monoisotopic (exact) mass is 363 g/mol. The molecule has 1 aliphatic carbocycles. The van der Waals surface area contributed by atoms with Crippen LogP contribution in [0.1, 0.15) is 48.0 Å². The number of amides is 2. The lowest BCUT2D eigenvalue weighted by molar-refractivity contribution is 0.181. The van der Waals surface area contributed by atoms with E-state index in [0.717, 1.165) is 32.5 Å². The molecule has 0 radical (unpaired) electrons. The van der Waals surface area contributed by atoms with Crippen LogP contribution in [0.5, 0.6) is 0 Å². The Balaban J connectivity index is 1.48. The zero-order chi connectivity index (χ0) is 18.6. The highest BCUT2D eigenvalue weighted by Crippen LogP contribution is 2.35. The van der Waals surface area contributed by atoms with E-state index in [9.17, 15) is 4.79 Å². The molecule has 0 aromatic heterocycles. The van der Waals surface area contributed by atoms with Gasteiger partial charge in [0, 0.05) is 13.6 Å². The van der Waals surface area contributed by atoms with Crippen molar-refractivity contribution < 1.29 is 4.79 Å². The Bertz CT molecular complexity index is 770. The highest BCUT2D eigenvalue weighted by Gasteiger charge is 2.30. The first kappa shape index (κ1) is 18.1. The Morgan fingerprint density at radius 1 is 1.11 bits per heavy atom. The van der Waals surface area contributed by atoms with Gasteiger partial charge in [-0.2, -0.15) is 0 Å². The Labute approximate surface area is 162 Å². The summed E-state index contributed by atoms with van der Waals surface area (Å²) in [4.78, 5) is 17.4. The maximum Gasteiger partial charge on any atom is 0.318 e. The van der Waals surface area contributed by atoms with Gasteiger partial charge in [-0.3, -0.25) is 0 Å². The molecule has 1 fully saturated rings. The number of hydrogen-bond donors (Lipinski definition) is 1. The van der Waals surface area contributed by atoms with Crippen LogP contribution < -0.4 is 5.32 Å². The summed E-state index contributed by atoms with van der Waals surface area (Å²) >= 11 is 0. The fourth-order valence-electron chi connectivity index (χ4n) is 4.47. The number of aryl methyl sites for hydroxylation is 1. The molecule has 2 atom stereocenters. The van der Waals surface area contributed by atoms with Crippen LogP contribution >= 0.6 is 0 Å². The molecule has 1 N–H and O–H groups in total. The third kappa shape index (κ3) is 4.01. The van der Waals surface area contributed by atoms with Gasteiger partial charge >= 0.3 is 6.03 Å². The topological polar surface area (TPSA) is 35.6 Å². The van der Waals surface area contributed by atoms with Crippen molar-refractivity contribution in [3.8, 4) is 0 Å². The van der Waals surface area contributed by atoms with Gasteiger partial charge in [0.15, 0.2) is 0 Å². The molecule has 0 saturated carbocycles. The fourth-order valence-corrected chi connectivity index (χ4v) is 4.47. The molecule has 2 amide bonds. The molecule has 4 heteroatoms. The highest BCUT2D eigenvalue weighted by atomic mass is 16.2. The van der Waals surface area contributed by atoms with Gasteiger partial charge in [-0.1, -0.05) is 54.6 Å². The van der Waals surface area contributed by atoms with Gasteiger partial charge in [-0.25, -0.2) is 4.79 Å². The first-order valence-corrected chi connectivity index (χ1v) is 10.1. The maximum atomic E-state index is 13.1. The van der Waals surface area contributed by atoms with Crippen molar-refractivity contribution >= 4 is 6.03 Å². The lowest BCUT2D eigenvalue weighted by Gasteiger charge is -2.30. The van der Waals surface area contributed by atoms with Crippen molar-refractivity contribution in [2.24, 2.45) is 0 Å². The number of benzene rings is 2. The van der Waals surface area contributed by atoms with E-state index in [4.69, 9.17) is 0 Å². The van der Waals surface area contributed by atoms with Gasteiger partial charge in [-0.15, -0.1) is 0 Å². The highest BCUT2D eigenvalue weighted by molar-refractivity contribution is 5.75. The van der Waals surface area contributed by atoms with Crippen LogP contribution in [0.3, 0.4) is 0 Å². The van der Waals surface area contributed by atoms with Crippen LogP contribution in [-0.2, 0) is 6.42 Å². The Morgan fingerprint density at radius 3 is 2.59 bits per heavy atom. The van der Waals surface area contributed by atoms with Crippen molar-refractivity contribution in [1.29, 1.82) is 0 Å². The summed E-state index contributed by atoms with van der Waals surface area (Å²) < 4.78 is 0. The standard InChI is InChI=1S/C23H29N3O/c1-25(22-14-13-18-9-5-6-12-20(18)22)23(27)24-21(17-26-15-7-8-16-26)19-10-3-2-4-11-19/h2-6,9-12,21-22H,7-8,13-17H2,1H3,(H,24,27). The second-order valence-corrected chi connectivity index (χ2v) is 7.78. The van der Waals surface area contributed by atoms with Gasteiger partial charge in [0.25, 0.3) is 0 Å². The molecule has 2 aromatic carbocycles. The number of hydrogen-bond acceptors (Lipinski definition) is 2. The number of carbonyl (C=O) groups is 1. The molecular weight excluding hydrogens is 334 g/mol. The van der Waals surface area contributed by atoms with Gasteiger partial charge in [0.1, 0.15) is 0 Å². The van der Waals surface area contributed by atoms with Crippen molar-refractivity contribution in [1.82, 2.24) is 15.1 Å². The van der Waals surface area contributed by atoms with E-state index in [1.165, 1.54) is 29.5 Å². The summed E-state index contributed by atoms with van der Waals surface area (Å²) in [5, 5.41) is 3.31. The molecule has 2 aromatic rings. The molecule has 0 spiro atoms. The van der Waals surface area contributed by atoms with E-state index in [0.29, 0.717) is 0 Å². The van der Waals surface area contributed by atoms with E-state index in [-0.39, 0.29) is 18.1 Å². The molecule has 1 heterocycles. The zero-order valence-corrected chi connectivity index (χ0v) is 16.1. The quantitative estimate of drug-likeness (QED) is 0.866. The number of nitrogens with zero attached hydrogens (tertiary/aromatic N) is 2. The van der Waals surface area contributed by atoms with Crippen molar-refractivity contribution in [3.05, 3.63) is 71.3 Å². The number of likely N-dealkylation sites (tertiary alicyclic amines) is 1. The molecule has 4 rings (SSSR count). The second-order valence-electron chi connectivity index (χ2n) is 7.78. The van der Waals surface area contributed by atoms with Crippen molar-refractivity contribution in [2.75, 3.05) is 26.7 Å². The molecule has 1 aliphatic heterocycles. The van der Waals surface area contributed by atoms with E-state index in [1.807, 2.05) is 18.0 Å². The fraction of sp³-hybridized carbons (Fsp3) is 0.435. The average Bonchev–Trinajstić information content (AvgIpc) is 3.37. The van der Waals surface area contributed by atoms with Crippen molar-refractivity contribution in [2.45, 2.75) is 37.8 Å². The largest absolute Gasteiger partial charge is 0.330 e. The summed E-state index contributed by atoms with van der Waals surface area (Å²) in [5.74, 6) is 0. The zero-order valence-electron chi connectivity index (χ0n) is 16.1. The Kier molecular flexibility index (Phi) is 5.44. The number of carbonyl (C=O) groups excluding carboxylic acids is 1. The Hall–Kier alpha value is -2.33. The summed E-state index contributed by atoms with van der Waals surface area (Å²) in [7, 11) is 1.93. The van der Waals surface area contributed by atoms with Crippen LogP contribution in [0.2, 0.25) is 0 Å². The number of rotatable bonds is 5. The smallest absolute Gasteiger partial charge is 0.318 e. The molecule has 0 bridgehead atoms. The van der Waals surface area contributed by atoms with Crippen LogP contribution in [-0.4, -0.2) is 42.5 Å². The second kappa shape index (κ2) is 8.13. The molecule has 2 aliphatic rings. The molecule has 142 valence electrons. The minimum atomic E-state index is 0.0183. The lowest BCUT2D eigenvalue weighted by Crippen LogP contribution is -2.44. The van der Waals surface area contributed by atoms with E-state index in [1.54, 1.807) is 0 Å². The molecule has 2 unspecified atom stereocenters. The third-order valence-corrected chi connectivity index (χ3v) is 6.03. The maximum absolute atomic E-state index is 13.1. The minimum absolute atomic E-state index is 0.0183. The predicted molar refractivity (Wildman–Crippen MR) is 109 cm³/mol. The first-order chi connectivity index (χ1) is 13.2. The van der Waals surface area contributed by atoms with E-state index in [2.05, 4.69) is 58.7 Å². The van der Waals surface area contributed by atoms with Crippen molar-refractivity contribution in [3.63, 3.8) is 0 Å². The van der Waals surface area contributed by atoms with E-state index >= 15 is 0 Å². The summed E-state index contributed by atoms with van der Waals surface area (Å²) in [5.41, 5.74) is 3.85. The number of nitrogens with one attached hydrogen (secondary N) is 1. The normalized spacial score (nSPS) is 20.3. The average molecular weight is 364 g/mol. The summed E-state index contributed by atoms with van der Waals surface area (Å²) in [6.45, 7) is 3.14. The predicted octanol–water partition coefficient (Wildman–Crippen LogP) is 4.15. The molecule has 27 heavy (non-hydrogen) atoms. The SMILES string of the molecule is CN(C(=O)NC(CN1CCCC1)c1ccccc1)C1CCc2ccccc21. The summed E-state index contributed by atoms with van der Waals surface area (Å²) in [6, 6.07) is 19.1. The number of fused-ring (bicyclic) bond motifs is 1. The van der Waals surface area contributed by atoms with Gasteiger partial charge in [0.2, 0.25) is 0 Å². The van der Waals surface area contributed by atoms with Crippen LogP contribution in [0.15, 0.2) is 54.6 Å². The van der Waals surface area contributed by atoms with Gasteiger partial charge < -0.3 is 15.1 Å². The summed E-state index contributed by atoms with van der Waals surface area (Å²) in [6.07, 6.45) is 4.57. The van der Waals surface area contributed by atoms with Crippen LogP contribution in [0, 0.1) is 0 Å². The first-order valence-electron chi connectivity index (χ1n) is 10.1. The molecule has 4 nitrogen and oxygen atoms in total. The molecular formula is C23H29N3O. The lowest BCUT2D eigenvalue weighted by atomic mass is 10.1. The third-order valence-electron chi connectivity index (χ3n) is 6.03. The molecule has 1 saturated heterocycles. The van der Waals surface area contributed by atoms with E-state index < -0.39 is 0 Å². The van der Waals surface area contributed by atoms with Crippen LogP contribution in [0.25, 0.3) is 0 Å². The number of urea groups is 1. The van der Waals surface area contributed by atoms with Crippen LogP contribution in [0.4, 0.5) is 4.79 Å². The van der Waals surface area contributed by atoms with Gasteiger partial charge in [-0.05, 0) is 55.5 Å². The Morgan fingerprint density at radius 2 is 1.81 bits per heavy atom.